The van der Waals surface area contributed by atoms with E-state index in [1.165, 1.54) is 30.3 Å². The molecule has 0 aliphatic heterocycles. The molecule has 0 aliphatic carbocycles. The Hall–Kier alpha value is -2.57. The fraction of sp³-hybridized carbons (Fsp3) is 0.100. The van der Waals surface area contributed by atoms with E-state index in [1.807, 2.05) is 0 Å². The number of rotatable bonds is 3. The highest BCUT2D eigenvalue weighted by Gasteiger charge is 2.38. The minimum Gasteiger partial charge on any atom is -0.258 e. The molecule has 0 fully saturated rings. The van der Waals surface area contributed by atoms with Gasteiger partial charge in [0.1, 0.15) is 0 Å². The van der Waals surface area contributed by atoms with Gasteiger partial charge in [-0.1, -0.05) is 59.6 Å². The van der Waals surface area contributed by atoms with Crippen LogP contribution >= 0.6 is 23.2 Å². The average molecular weight is 425 g/mol. The fourth-order valence-electron chi connectivity index (χ4n) is 2.93. The maximum absolute atomic E-state index is 14.1. The molecule has 0 bridgehead atoms. The molecule has 0 unspecified atom stereocenters. The Morgan fingerprint density at radius 2 is 1.64 bits per heavy atom. The van der Waals surface area contributed by atoms with E-state index in [1.54, 1.807) is 13.0 Å². The van der Waals surface area contributed by atoms with Gasteiger partial charge in [-0.25, -0.2) is 0 Å². The molecule has 28 heavy (non-hydrogen) atoms. The molecular formula is C20H11Cl2F3NO2. The number of nitro benzene ring substituents is 1. The minimum absolute atomic E-state index is 0.0388. The number of benzene rings is 3. The van der Waals surface area contributed by atoms with E-state index >= 15 is 0 Å². The zero-order valence-electron chi connectivity index (χ0n) is 14.3. The first kappa shape index (κ1) is 20.2. The van der Waals surface area contributed by atoms with Gasteiger partial charge in [0.25, 0.3) is 5.69 Å². The Bertz CT molecular complexity index is 1080. The number of hydrogen-bond donors (Lipinski definition) is 0. The summed E-state index contributed by atoms with van der Waals surface area (Å²) in [5.74, 6) is 0. The quantitative estimate of drug-likeness (QED) is 0.325. The first-order valence-electron chi connectivity index (χ1n) is 7.93. The monoisotopic (exact) mass is 424 g/mol. The van der Waals surface area contributed by atoms with Crippen LogP contribution in [0.4, 0.5) is 18.9 Å². The topological polar surface area (TPSA) is 43.1 Å². The lowest BCUT2D eigenvalue weighted by Crippen LogP contribution is -2.10. The number of para-hydroxylation sites is 1. The van der Waals surface area contributed by atoms with Gasteiger partial charge < -0.3 is 0 Å². The van der Waals surface area contributed by atoms with E-state index in [9.17, 15) is 23.3 Å². The molecule has 3 rings (SSSR count). The van der Waals surface area contributed by atoms with E-state index in [0.717, 1.165) is 12.1 Å². The molecule has 3 aromatic rings. The van der Waals surface area contributed by atoms with Crippen molar-refractivity contribution in [2.75, 3.05) is 0 Å². The van der Waals surface area contributed by atoms with Crippen LogP contribution in [0.2, 0.25) is 10.0 Å². The first-order chi connectivity index (χ1) is 13.1. The molecule has 143 valence electrons. The molecule has 0 saturated carbocycles. The molecular weight excluding hydrogens is 414 g/mol. The smallest absolute Gasteiger partial charge is 0.258 e. The maximum atomic E-state index is 14.1. The van der Waals surface area contributed by atoms with Crippen LogP contribution in [-0.4, -0.2) is 4.92 Å². The fourth-order valence-corrected chi connectivity index (χ4v) is 3.40. The number of halogens is 5. The third kappa shape index (κ3) is 3.57. The van der Waals surface area contributed by atoms with E-state index in [2.05, 4.69) is 6.07 Å². The van der Waals surface area contributed by atoms with Gasteiger partial charge in [0, 0.05) is 22.8 Å². The van der Waals surface area contributed by atoms with Crippen molar-refractivity contribution in [1.29, 1.82) is 0 Å². The Morgan fingerprint density at radius 1 is 0.964 bits per heavy atom. The second kappa shape index (κ2) is 7.45. The lowest BCUT2D eigenvalue weighted by molar-refractivity contribution is -0.384. The summed E-state index contributed by atoms with van der Waals surface area (Å²) >= 11 is 12.3. The van der Waals surface area contributed by atoms with Crippen molar-refractivity contribution in [3.63, 3.8) is 0 Å². The highest BCUT2D eigenvalue weighted by molar-refractivity contribution is 6.44. The lowest BCUT2D eigenvalue weighted by Gasteiger charge is -2.19. The number of aryl methyl sites for hydroxylation is 1. The van der Waals surface area contributed by atoms with Crippen LogP contribution in [-0.2, 0) is 6.18 Å². The second-order valence-corrected chi connectivity index (χ2v) is 6.73. The summed E-state index contributed by atoms with van der Waals surface area (Å²) in [6, 6.07) is 13.2. The van der Waals surface area contributed by atoms with Gasteiger partial charge >= 0.3 is 6.18 Å². The Balaban J connectivity index is 2.40. The lowest BCUT2D eigenvalue weighted by atomic mass is 9.90. The number of hydrogen-bond acceptors (Lipinski definition) is 2. The number of nitrogens with zero attached hydrogens (tertiary/aromatic N) is 1. The van der Waals surface area contributed by atoms with Crippen LogP contribution in [0.25, 0.3) is 22.3 Å². The molecule has 0 saturated heterocycles. The van der Waals surface area contributed by atoms with Gasteiger partial charge in [-0.2, -0.15) is 13.2 Å². The zero-order valence-corrected chi connectivity index (χ0v) is 15.8. The molecule has 0 N–H and O–H groups in total. The van der Waals surface area contributed by atoms with Gasteiger partial charge in [0.05, 0.1) is 26.1 Å². The maximum Gasteiger partial charge on any atom is 0.417 e. The van der Waals surface area contributed by atoms with Crippen LogP contribution in [0.5, 0.6) is 0 Å². The summed E-state index contributed by atoms with van der Waals surface area (Å²) in [6.07, 6.45) is -4.81. The van der Waals surface area contributed by atoms with Gasteiger partial charge in [-0.05, 0) is 24.6 Å². The van der Waals surface area contributed by atoms with Crippen LogP contribution in [0.15, 0.2) is 48.5 Å². The van der Waals surface area contributed by atoms with E-state index < -0.39 is 22.4 Å². The number of alkyl halides is 3. The highest BCUT2D eigenvalue weighted by atomic mass is 35.5. The summed E-state index contributed by atoms with van der Waals surface area (Å²) in [4.78, 5) is 10.6. The van der Waals surface area contributed by atoms with Crippen molar-refractivity contribution >= 4 is 28.9 Å². The minimum atomic E-state index is -4.81. The van der Waals surface area contributed by atoms with Crippen LogP contribution in [0.3, 0.4) is 0 Å². The van der Waals surface area contributed by atoms with Crippen molar-refractivity contribution in [2.24, 2.45) is 0 Å². The molecule has 0 aromatic heterocycles. The Labute approximate surface area is 168 Å². The normalized spacial score (nSPS) is 11.5. The molecule has 3 aromatic carbocycles. The molecule has 1 radical (unpaired) electrons. The van der Waals surface area contributed by atoms with E-state index in [4.69, 9.17) is 23.2 Å². The van der Waals surface area contributed by atoms with Crippen molar-refractivity contribution in [3.8, 4) is 22.3 Å². The van der Waals surface area contributed by atoms with Crippen molar-refractivity contribution in [1.82, 2.24) is 0 Å². The van der Waals surface area contributed by atoms with Crippen molar-refractivity contribution in [2.45, 2.75) is 13.1 Å². The van der Waals surface area contributed by atoms with Gasteiger partial charge in [0.2, 0.25) is 0 Å². The summed E-state index contributed by atoms with van der Waals surface area (Å²) < 4.78 is 42.2. The van der Waals surface area contributed by atoms with Crippen molar-refractivity contribution < 1.29 is 18.1 Å². The highest BCUT2D eigenvalue weighted by Crippen LogP contribution is 2.47. The first-order valence-corrected chi connectivity index (χ1v) is 8.69. The summed E-state index contributed by atoms with van der Waals surface area (Å²) in [5, 5.41) is 11.4. The summed E-state index contributed by atoms with van der Waals surface area (Å²) in [5.41, 5.74) is -1.64. The predicted octanol–water partition coefficient (Wildman–Crippen LogP) is 7.36. The van der Waals surface area contributed by atoms with Crippen molar-refractivity contribution in [3.05, 3.63) is 85.9 Å². The summed E-state index contributed by atoms with van der Waals surface area (Å²) in [7, 11) is 0. The van der Waals surface area contributed by atoms with E-state index in [-0.39, 0.29) is 32.3 Å². The SMILES string of the molecule is Cc1ccc(-c2[c]ccc(-c3ccccc3[N+](=O)[O-])c2C(F)(F)F)c(Cl)c1Cl. The molecule has 0 spiro atoms. The molecule has 0 heterocycles. The van der Waals surface area contributed by atoms with Crippen LogP contribution in [0.1, 0.15) is 11.1 Å². The Kier molecular flexibility index (Phi) is 5.37. The van der Waals surface area contributed by atoms with E-state index in [0.29, 0.717) is 5.56 Å². The average Bonchev–Trinajstić information content (AvgIpc) is 2.65. The van der Waals surface area contributed by atoms with Gasteiger partial charge in [-0.15, -0.1) is 0 Å². The van der Waals surface area contributed by atoms with Gasteiger partial charge in [-0.3, -0.25) is 10.1 Å². The molecule has 0 atom stereocenters. The molecule has 3 nitrogen and oxygen atoms in total. The third-order valence-corrected chi connectivity index (χ3v) is 5.19. The number of nitro groups is 1. The standard InChI is InChI=1S/C20H11Cl2F3NO2/c1-11-9-10-15(19(22)18(11)21)14-7-4-6-13(17(14)20(23,24)25)12-5-2-3-8-16(12)26(27)28/h2-6,8-10H,1H3. The molecule has 0 aliphatic rings. The molecule has 0 amide bonds. The van der Waals surface area contributed by atoms with Crippen LogP contribution < -0.4 is 0 Å². The molecule has 8 heteroatoms. The zero-order chi connectivity index (χ0) is 20.6. The third-order valence-electron chi connectivity index (χ3n) is 4.22. The van der Waals surface area contributed by atoms with Crippen LogP contribution in [0, 0.1) is 23.1 Å². The summed E-state index contributed by atoms with van der Waals surface area (Å²) in [6.45, 7) is 1.68. The van der Waals surface area contributed by atoms with Gasteiger partial charge in [0.15, 0.2) is 0 Å². The predicted molar refractivity (Wildman–Crippen MR) is 103 cm³/mol. The largest absolute Gasteiger partial charge is 0.417 e. The Morgan fingerprint density at radius 3 is 2.29 bits per heavy atom. The second-order valence-electron chi connectivity index (χ2n) is 5.97.